The van der Waals surface area contributed by atoms with Crippen molar-refractivity contribution in [3.05, 3.63) is 36.5 Å². The number of nitrogens with one attached hydrogen (secondary N) is 3. The molecule has 1 fully saturated rings. The Hall–Kier alpha value is -2.94. The van der Waals surface area contributed by atoms with Crippen molar-refractivity contribution < 1.29 is 13.2 Å². The maximum atomic E-state index is 12.0. The first kappa shape index (κ1) is 17.5. The van der Waals surface area contributed by atoms with E-state index >= 15 is 0 Å². The number of aromatic nitrogens is 3. The summed E-state index contributed by atoms with van der Waals surface area (Å²) in [5.41, 5.74) is 2.57. The second-order valence-electron chi connectivity index (χ2n) is 6.48. The van der Waals surface area contributed by atoms with Crippen LogP contribution in [0, 0.1) is 5.92 Å². The van der Waals surface area contributed by atoms with Gasteiger partial charge in [-0.1, -0.05) is 12.1 Å². The maximum absolute atomic E-state index is 12.0. The number of aromatic amines is 1. The quantitative estimate of drug-likeness (QED) is 0.603. The first-order chi connectivity index (χ1) is 12.9. The molecule has 3 N–H and O–H groups in total. The van der Waals surface area contributed by atoms with Gasteiger partial charge < -0.3 is 4.98 Å². The molecule has 1 aromatic carbocycles. The minimum atomic E-state index is -3.33. The van der Waals surface area contributed by atoms with Gasteiger partial charge in [0, 0.05) is 28.8 Å². The van der Waals surface area contributed by atoms with Crippen molar-refractivity contribution in [1.29, 1.82) is 0 Å². The van der Waals surface area contributed by atoms with E-state index in [1.807, 2.05) is 6.07 Å². The first-order valence-electron chi connectivity index (χ1n) is 8.72. The summed E-state index contributed by atoms with van der Waals surface area (Å²) < 4.78 is 25.9. The van der Waals surface area contributed by atoms with Gasteiger partial charge in [-0.2, -0.15) is 4.98 Å². The third-order valence-corrected chi connectivity index (χ3v) is 5.72. The fourth-order valence-electron chi connectivity index (χ4n) is 2.72. The average molecular weight is 385 g/mol. The molecule has 140 valence electrons. The van der Waals surface area contributed by atoms with Crippen LogP contribution in [0.5, 0.6) is 0 Å². The number of fused-ring (bicyclic) bond motifs is 1. The van der Waals surface area contributed by atoms with Crippen molar-refractivity contribution in [1.82, 2.24) is 15.0 Å². The lowest BCUT2D eigenvalue weighted by atomic mass is 10.1. The number of carbonyl (C=O) groups is 1. The van der Waals surface area contributed by atoms with Gasteiger partial charge in [-0.25, -0.2) is 13.4 Å². The monoisotopic (exact) mass is 385 g/mol. The molecule has 0 bridgehead atoms. The lowest BCUT2D eigenvalue weighted by Crippen LogP contribution is -2.16. The van der Waals surface area contributed by atoms with Gasteiger partial charge in [-0.3, -0.25) is 14.8 Å². The van der Waals surface area contributed by atoms with Gasteiger partial charge in [-0.05, 0) is 38.0 Å². The Bertz CT molecular complexity index is 1100. The Morgan fingerprint density at radius 1 is 1.19 bits per heavy atom. The van der Waals surface area contributed by atoms with E-state index in [1.54, 1.807) is 37.4 Å². The Kier molecular flexibility index (Phi) is 4.31. The molecule has 1 amide bonds. The molecule has 1 aliphatic rings. The van der Waals surface area contributed by atoms with Crippen molar-refractivity contribution in [2.24, 2.45) is 5.92 Å². The summed E-state index contributed by atoms with van der Waals surface area (Å²) >= 11 is 0. The van der Waals surface area contributed by atoms with Gasteiger partial charge in [0.2, 0.25) is 21.9 Å². The van der Waals surface area contributed by atoms with E-state index in [0.717, 1.165) is 23.8 Å². The second-order valence-corrected chi connectivity index (χ2v) is 8.49. The van der Waals surface area contributed by atoms with Gasteiger partial charge in [-0.15, -0.1) is 0 Å². The standard InChI is InChI=1S/C18H19N5O3S/c1-2-27(25,26)23-13-7-5-11(6-8-13)15-14-9-10-19-16(14)21-18(20-15)22-17(24)12-3-4-12/h5-10,12,23H,2-4H2,1H3,(H2,19,20,21,22,24). The molecule has 0 unspecified atom stereocenters. The number of hydrogen-bond acceptors (Lipinski definition) is 5. The van der Waals surface area contributed by atoms with Crippen LogP contribution in [0.1, 0.15) is 19.8 Å². The Morgan fingerprint density at radius 3 is 2.59 bits per heavy atom. The fraction of sp³-hybridized carbons (Fsp3) is 0.278. The highest BCUT2D eigenvalue weighted by molar-refractivity contribution is 7.92. The molecule has 8 nitrogen and oxygen atoms in total. The summed E-state index contributed by atoms with van der Waals surface area (Å²) in [6.07, 6.45) is 3.57. The molecule has 9 heteroatoms. The zero-order valence-electron chi connectivity index (χ0n) is 14.7. The van der Waals surface area contributed by atoms with Crippen molar-refractivity contribution in [3.8, 4) is 11.3 Å². The number of amides is 1. The SMILES string of the molecule is CCS(=O)(=O)Nc1ccc(-c2nc(NC(=O)C3CC3)nc3[nH]ccc23)cc1. The maximum Gasteiger partial charge on any atom is 0.232 e. The molecule has 0 saturated heterocycles. The lowest BCUT2D eigenvalue weighted by molar-refractivity contribution is -0.117. The number of benzene rings is 1. The number of nitrogens with zero attached hydrogens (tertiary/aromatic N) is 2. The van der Waals surface area contributed by atoms with Crippen LogP contribution in [0.15, 0.2) is 36.5 Å². The van der Waals surface area contributed by atoms with Crippen LogP contribution in [-0.4, -0.2) is 35.0 Å². The number of H-pyrrole nitrogens is 1. The van der Waals surface area contributed by atoms with Crippen molar-refractivity contribution in [2.45, 2.75) is 19.8 Å². The fourth-order valence-corrected chi connectivity index (χ4v) is 3.36. The molecular weight excluding hydrogens is 366 g/mol. The molecule has 2 heterocycles. The largest absolute Gasteiger partial charge is 0.346 e. The van der Waals surface area contributed by atoms with Gasteiger partial charge in [0.15, 0.2) is 0 Å². The topological polar surface area (TPSA) is 117 Å². The van der Waals surface area contributed by atoms with E-state index in [1.165, 1.54) is 0 Å². The molecule has 2 aromatic heterocycles. The number of carbonyl (C=O) groups excluding carboxylic acids is 1. The molecule has 4 rings (SSSR count). The highest BCUT2D eigenvalue weighted by Gasteiger charge is 2.30. The van der Waals surface area contributed by atoms with E-state index in [-0.39, 0.29) is 23.5 Å². The molecule has 1 saturated carbocycles. The predicted octanol–water partition coefficient (Wildman–Crippen LogP) is 2.74. The minimum absolute atomic E-state index is 0.00862. The van der Waals surface area contributed by atoms with Gasteiger partial charge >= 0.3 is 0 Å². The highest BCUT2D eigenvalue weighted by Crippen LogP contribution is 2.31. The van der Waals surface area contributed by atoms with Crippen molar-refractivity contribution >= 4 is 38.6 Å². The molecule has 0 radical (unpaired) electrons. The van der Waals surface area contributed by atoms with Gasteiger partial charge in [0.25, 0.3) is 0 Å². The molecule has 0 aliphatic heterocycles. The summed E-state index contributed by atoms with van der Waals surface area (Å²) in [5, 5.41) is 3.59. The number of anilines is 2. The number of rotatable bonds is 6. The molecular formula is C18H19N5O3S. The third-order valence-electron chi connectivity index (χ3n) is 4.41. The van der Waals surface area contributed by atoms with E-state index < -0.39 is 10.0 Å². The van der Waals surface area contributed by atoms with Crippen LogP contribution in [0.2, 0.25) is 0 Å². The van der Waals surface area contributed by atoms with Crippen LogP contribution < -0.4 is 10.0 Å². The van der Waals surface area contributed by atoms with Gasteiger partial charge in [0.1, 0.15) is 5.65 Å². The van der Waals surface area contributed by atoms with Crippen LogP contribution >= 0.6 is 0 Å². The minimum Gasteiger partial charge on any atom is -0.346 e. The number of sulfonamides is 1. The van der Waals surface area contributed by atoms with Crippen LogP contribution in [0.25, 0.3) is 22.3 Å². The van der Waals surface area contributed by atoms with Crippen LogP contribution in [-0.2, 0) is 14.8 Å². The van der Waals surface area contributed by atoms with E-state index in [4.69, 9.17) is 0 Å². The van der Waals surface area contributed by atoms with Crippen molar-refractivity contribution in [2.75, 3.05) is 15.8 Å². The van der Waals surface area contributed by atoms with E-state index in [0.29, 0.717) is 17.0 Å². The van der Waals surface area contributed by atoms with Crippen molar-refractivity contribution in [3.63, 3.8) is 0 Å². The Morgan fingerprint density at radius 2 is 1.93 bits per heavy atom. The van der Waals surface area contributed by atoms with Gasteiger partial charge in [0.05, 0.1) is 11.4 Å². The summed E-state index contributed by atoms with van der Waals surface area (Å²) in [6, 6.07) is 8.81. The molecule has 3 aromatic rings. The zero-order valence-corrected chi connectivity index (χ0v) is 15.5. The third kappa shape index (κ3) is 3.77. The molecule has 1 aliphatic carbocycles. The summed E-state index contributed by atoms with van der Waals surface area (Å²) in [5.74, 6) is 0.264. The van der Waals surface area contributed by atoms with Crippen LogP contribution in [0.4, 0.5) is 11.6 Å². The smallest absolute Gasteiger partial charge is 0.232 e. The van der Waals surface area contributed by atoms with E-state index in [2.05, 4.69) is 25.0 Å². The Labute approximate surface area is 156 Å². The summed E-state index contributed by atoms with van der Waals surface area (Å²) in [4.78, 5) is 24.0. The lowest BCUT2D eigenvalue weighted by Gasteiger charge is -2.09. The van der Waals surface area contributed by atoms with E-state index in [9.17, 15) is 13.2 Å². The number of hydrogen-bond donors (Lipinski definition) is 3. The molecule has 0 spiro atoms. The second kappa shape index (κ2) is 6.66. The zero-order chi connectivity index (χ0) is 19.0. The average Bonchev–Trinajstić information content (AvgIpc) is 3.40. The summed E-state index contributed by atoms with van der Waals surface area (Å²) in [7, 11) is -3.33. The Balaban J connectivity index is 1.67. The predicted molar refractivity (Wildman–Crippen MR) is 104 cm³/mol. The highest BCUT2D eigenvalue weighted by atomic mass is 32.2. The molecule has 27 heavy (non-hydrogen) atoms. The molecule has 0 atom stereocenters. The normalized spacial score (nSPS) is 14.3. The summed E-state index contributed by atoms with van der Waals surface area (Å²) in [6.45, 7) is 1.58. The van der Waals surface area contributed by atoms with Crippen LogP contribution in [0.3, 0.4) is 0 Å². The first-order valence-corrected chi connectivity index (χ1v) is 10.4.